The Morgan fingerprint density at radius 2 is 2.15 bits per heavy atom. The van der Waals surface area contributed by atoms with Gasteiger partial charge in [0.2, 0.25) is 0 Å². The number of amides is 1. The highest BCUT2D eigenvalue weighted by atomic mass is 79.9. The maximum absolute atomic E-state index is 11.9. The van der Waals surface area contributed by atoms with Gasteiger partial charge >= 0.3 is 0 Å². The second kappa shape index (κ2) is 6.21. The predicted molar refractivity (Wildman–Crippen MR) is 80.5 cm³/mol. The molecule has 0 fully saturated rings. The summed E-state index contributed by atoms with van der Waals surface area (Å²) in [6.07, 6.45) is 3.02. The van der Waals surface area contributed by atoms with Gasteiger partial charge in [-0.25, -0.2) is 8.42 Å². The number of carbonyl (C=O) groups excluding carboxylic acids is 1. The van der Waals surface area contributed by atoms with Crippen molar-refractivity contribution in [3.8, 4) is 0 Å². The molecule has 1 amide bonds. The number of pyridine rings is 1. The first kappa shape index (κ1) is 15.4. The summed E-state index contributed by atoms with van der Waals surface area (Å²) in [6.45, 7) is 0.225. The molecule has 0 aliphatic carbocycles. The molecule has 0 aromatic carbocycles. The van der Waals surface area contributed by atoms with Crippen molar-refractivity contribution >= 4 is 52.9 Å². The summed E-state index contributed by atoms with van der Waals surface area (Å²) in [5.74, 6) is -0.289. The van der Waals surface area contributed by atoms with E-state index in [1.54, 1.807) is 18.3 Å². The molecule has 9 heteroatoms. The lowest BCUT2D eigenvalue weighted by molar-refractivity contribution is 0.0951. The molecule has 2 rings (SSSR count). The van der Waals surface area contributed by atoms with Crippen LogP contribution in [0.2, 0.25) is 0 Å². The van der Waals surface area contributed by atoms with E-state index in [-0.39, 0.29) is 16.7 Å². The monoisotopic (exact) mass is 394 g/mol. The van der Waals surface area contributed by atoms with Gasteiger partial charge in [-0.15, -0.1) is 11.3 Å². The van der Waals surface area contributed by atoms with Gasteiger partial charge in [-0.3, -0.25) is 9.78 Å². The summed E-state index contributed by atoms with van der Waals surface area (Å²) in [5, 5.41) is 2.68. The van der Waals surface area contributed by atoms with Crippen LogP contribution in [-0.2, 0) is 15.6 Å². The van der Waals surface area contributed by atoms with E-state index in [2.05, 4.69) is 26.2 Å². The lowest BCUT2D eigenvalue weighted by atomic mass is 10.2. The number of hydrogen-bond acceptors (Lipinski definition) is 5. The molecule has 0 spiro atoms. The fourth-order valence-electron chi connectivity index (χ4n) is 1.39. The first-order valence-electron chi connectivity index (χ1n) is 5.28. The van der Waals surface area contributed by atoms with Gasteiger partial charge in [0.15, 0.2) is 0 Å². The number of carbonyl (C=O) groups is 1. The van der Waals surface area contributed by atoms with Crippen molar-refractivity contribution in [1.29, 1.82) is 0 Å². The van der Waals surface area contributed by atoms with E-state index in [1.807, 2.05) is 0 Å². The maximum atomic E-state index is 11.9. The standard InChI is InChI=1S/C11H8BrClN2O3S2/c12-8-3-7(4-14-5-8)11(16)15-6-9-1-2-10(19-9)20(13,17)18/h1-5H,6H2,(H,15,16). The van der Waals surface area contributed by atoms with Gasteiger partial charge in [-0.1, -0.05) is 0 Å². The first-order valence-corrected chi connectivity index (χ1v) is 9.20. The first-order chi connectivity index (χ1) is 9.36. The lowest BCUT2D eigenvalue weighted by Crippen LogP contribution is -2.22. The van der Waals surface area contributed by atoms with Crippen LogP contribution in [0, 0.1) is 0 Å². The van der Waals surface area contributed by atoms with Gasteiger partial charge in [0.1, 0.15) is 4.21 Å². The second-order valence-electron chi connectivity index (χ2n) is 3.73. The van der Waals surface area contributed by atoms with E-state index in [4.69, 9.17) is 10.7 Å². The summed E-state index contributed by atoms with van der Waals surface area (Å²) in [6, 6.07) is 4.67. The molecule has 0 aliphatic rings. The zero-order valence-corrected chi connectivity index (χ0v) is 13.8. The third kappa shape index (κ3) is 4.02. The molecule has 2 heterocycles. The fourth-order valence-corrected chi connectivity index (χ4v) is 3.82. The highest BCUT2D eigenvalue weighted by Crippen LogP contribution is 2.24. The topological polar surface area (TPSA) is 76.1 Å². The Kier molecular flexibility index (Phi) is 4.79. The van der Waals surface area contributed by atoms with Crippen LogP contribution in [0.15, 0.2) is 39.3 Å². The largest absolute Gasteiger partial charge is 0.347 e. The summed E-state index contributed by atoms with van der Waals surface area (Å²) in [5.41, 5.74) is 0.418. The lowest BCUT2D eigenvalue weighted by Gasteiger charge is -2.03. The summed E-state index contributed by atoms with van der Waals surface area (Å²) < 4.78 is 23.0. The molecule has 106 valence electrons. The van der Waals surface area contributed by atoms with E-state index in [0.717, 1.165) is 11.3 Å². The van der Waals surface area contributed by atoms with Crippen LogP contribution in [0.3, 0.4) is 0 Å². The number of aromatic nitrogens is 1. The molecule has 0 saturated heterocycles. The molecule has 0 bridgehead atoms. The molecular weight excluding hydrogens is 388 g/mol. The van der Waals surface area contributed by atoms with Crippen molar-refractivity contribution in [1.82, 2.24) is 10.3 Å². The van der Waals surface area contributed by atoms with E-state index in [0.29, 0.717) is 14.9 Å². The normalized spacial score (nSPS) is 11.3. The Balaban J connectivity index is 2.02. The molecule has 20 heavy (non-hydrogen) atoms. The molecule has 0 radical (unpaired) electrons. The van der Waals surface area contributed by atoms with Gasteiger partial charge < -0.3 is 5.32 Å². The third-order valence-corrected chi connectivity index (χ3v) is 5.88. The number of hydrogen-bond donors (Lipinski definition) is 1. The maximum Gasteiger partial charge on any atom is 0.270 e. The van der Waals surface area contributed by atoms with Crippen molar-refractivity contribution in [3.05, 3.63) is 45.5 Å². The Morgan fingerprint density at radius 3 is 2.75 bits per heavy atom. The van der Waals surface area contributed by atoms with Crippen LogP contribution in [0.1, 0.15) is 15.2 Å². The van der Waals surface area contributed by atoms with Gasteiger partial charge in [0, 0.05) is 32.4 Å². The molecular formula is C11H8BrClN2O3S2. The van der Waals surface area contributed by atoms with Gasteiger partial charge in [-0.05, 0) is 34.1 Å². The zero-order chi connectivity index (χ0) is 14.8. The van der Waals surface area contributed by atoms with Crippen LogP contribution in [0.5, 0.6) is 0 Å². The third-order valence-electron chi connectivity index (χ3n) is 2.27. The smallest absolute Gasteiger partial charge is 0.270 e. The van der Waals surface area contributed by atoms with Crippen molar-refractivity contribution < 1.29 is 13.2 Å². The molecule has 2 aromatic heterocycles. The number of nitrogens with zero attached hydrogens (tertiary/aromatic N) is 1. The predicted octanol–water partition coefficient (Wildman–Crippen LogP) is 2.76. The van der Waals surface area contributed by atoms with E-state index >= 15 is 0 Å². The van der Waals surface area contributed by atoms with Crippen LogP contribution in [0.25, 0.3) is 0 Å². The van der Waals surface area contributed by atoms with E-state index in [1.165, 1.54) is 12.3 Å². The van der Waals surface area contributed by atoms with Crippen LogP contribution < -0.4 is 5.32 Å². The van der Waals surface area contributed by atoms with Crippen LogP contribution in [-0.4, -0.2) is 19.3 Å². The van der Waals surface area contributed by atoms with E-state index < -0.39 is 9.05 Å². The average Bonchev–Trinajstić information content (AvgIpc) is 2.84. The summed E-state index contributed by atoms with van der Waals surface area (Å²) in [7, 11) is 1.51. The summed E-state index contributed by atoms with van der Waals surface area (Å²) in [4.78, 5) is 16.5. The van der Waals surface area contributed by atoms with Gasteiger partial charge in [0.25, 0.3) is 15.0 Å². The van der Waals surface area contributed by atoms with Crippen molar-refractivity contribution in [2.45, 2.75) is 10.8 Å². The van der Waals surface area contributed by atoms with Crippen LogP contribution >= 0.6 is 37.9 Å². The number of rotatable bonds is 4. The minimum absolute atomic E-state index is 0.0625. The fraction of sp³-hybridized carbons (Fsp3) is 0.0909. The molecule has 5 nitrogen and oxygen atoms in total. The summed E-state index contributed by atoms with van der Waals surface area (Å²) >= 11 is 4.25. The highest BCUT2D eigenvalue weighted by Gasteiger charge is 2.13. The molecule has 0 saturated carbocycles. The second-order valence-corrected chi connectivity index (χ2v) is 8.61. The van der Waals surface area contributed by atoms with Gasteiger partial charge in [0.05, 0.1) is 12.1 Å². The minimum Gasteiger partial charge on any atom is -0.347 e. The van der Waals surface area contributed by atoms with Crippen molar-refractivity contribution in [2.75, 3.05) is 0 Å². The molecule has 1 N–H and O–H groups in total. The van der Waals surface area contributed by atoms with Gasteiger partial charge in [-0.2, -0.15) is 0 Å². The molecule has 0 aliphatic heterocycles. The highest BCUT2D eigenvalue weighted by molar-refractivity contribution is 9.10. The molecule has 0 unspecified atom stereocenters. The van der Waals surface area contributed by atoms with Crippen molar-refractivity contribution in [2.24, 2.45) is 0 Å². The van der Waals surface area contributed by atoms with E-state index in [9.17, 15) is 13.2 Å². The Hall–Kier alpha value is -0.960. The Morgan fingerprint density at radius 1 is 1.40 bits per heavy atom. The SMILES string of the molecule is O=C(NCc1ccc(S(=O)(=O)Cl)s1)c1cncc(Br)c1. The Bertz CT molecular complexity index is 746. The van der Waals surface area contributed by atoms with Crippen LogP contribution in [0.4, 0.5) is 0 Å². The van der Waals surface area contributed by atoms with Crippen molar-refractivity contribution in [3.63, 3.8) is 0 Å². The number of halogens is 2. The Labute approximate surface area is 132 Å². The average molecular weight is 396 g/mol. The number of thiophene rings is 1. The number of nitrogens with one attached hydrogen (secondary N) is 1. The quantitative estimate of drug-likeness (QED) is 0.808. The minimum atomic E-state index is -3.72. The molecule has 0 atom stereocenters. The zero-order valence-electron chi connectivity index (χ0n) is 9.84. The molecule has 2 aromatic rings.